The number of aromatic nitrogens is 1. The first-order valence-corrected chi connectivity index (χ1v) is 11.4. The Morgan fingerprint density at radius 1 is 1.12 bits per heavy atom. The summed E-state index contributed by atoms with van der Waals surface area (Å²) in [5.41, 5.74) is 0.711. The molecular weight excluding hydrogens is 436 g/mol. The van der Waals surface area contributed by atoms with Crippen molar-refractivity contribution in [1.82, 2.24) is 5.16 Å². The lowest BCUT2D eigenvalue weighted by atomic mass is 10.1. The first kappa shape index (κ1) is 21.6. The topological polar surface area (TPSA) is 121 Å². The van der Waals surface area contributed by atoms with E-state index in [0.29, 0.717) is 34.0 Å². The summed E-state index contributed by atoms with van der Waals surface area (Å²) < 4.78 is 45.3. The van der Waals surface area contributed by atoms with Crippen LogP contribution in [0.25, 0.3) is 11.0 Å². The number of sulfone groups is 1. The number of hydrogen-bond acceptors (Lipinski definition) is 8. The number of benzene rings is 2. The molecule has 0 saturated heterocycles. The second kappa shape index (κ2) is 8.48. The molecule has 0 aliphatic carbocycles. The fourth-order valence-corrected chi connectivity index (χ4v) is 3.71. The van der Waals surface area contributed by atoms with Crippen LogP contribution < -0.4 is 10.1 Å². The molecule has 0 bridgehead atoms. The van der Waals surface area contributed by atoms with E-state index in [1.54, 1.807) is 50.4 Å². The van der Waals surface area contributed by atoms with Gasteiger partial charge in [0.15, 0.2) is 15.7 Å². The molecule has 4 aromatic rings. The lowest BCUT2D eigenvalue weighted by Gasteiger charge is -2.09. The Balaban J connectivity index is 1.71. The molecule has 2 aromatic heterocycles. The Morgan fingerprint density at radius 3 is 2.50 bits per heavy atom. The number of fused-ring (bicyclic) bond motifs is 1. The van der Waals surface area contributed by atoms with E-state index in [1.807, 2.05) is 0 Å². The summed E-state index contributed by atoms with van der Waals surface area (Å²) in [6, 6.07) is 12.5. The Morgan fingerprint density at radius 2 is 1.88 bits per heavy atom. The number of furan rings is 1. The van der Waals surface area contributed by atoms with Crippen molar-refractivity contribution in [1.29, 1.82) is 0 Å². The molecule has 4 rings (SSSR count). The van der Waals surface area contributed by atoms with Gasteiger partial charge in [0.2, 0.25) is 0 Å². The van der Waals surface area contributed by atoms with E-state index in [-0.39, 0.29) is 22.9 Å². The quantitative estimate of drug-likeness (QED) is 0.436. The minimum Gasteiger partial charge on any atom is -0.458 e. The predicted octanol–water partition coefficient (Wildman–Crippen LogP) is 4.32. The fraction of sp³-hybridized carbons (Fsp3) is 0.182. The molecule has 10 heteroatoms. The van der Waals surface area contributed by atoms with Gasteiger partial charge < -0.3 is 23.7 Å². The van der Waals surface area contributed by atoms with E-state index in [2.05, 4.69) is 10.5 Å². The predicted molar refractivity (Wildman–Crippen MR) is 116 cm³/mol. The van der Waals surface area contributed by atoms with E-state index in [1.165, 1.54) is 12.1 Å². The highest BCUT2D eigenvalue weighted by Gasteiger charge is 2.17. The molecular formula is C22H20N2O7S. The Bertz CT molecular complexity index is 1390. The molecule has 0 spiro atoms. The van der Waals surface area contributed by atoms with Crippen molar-refractivity contribution < 1.29 is 31.6 Å². The maximum absolute atomic E-state index is 12.8. The summed E-state index contributed by atoms with van der Waals surface area (Å²) >= 11 is 0. The van der Waals surface area contributed by atoms with Crippen LogP contribution in [0.4, 0.5) is 5.82 Å². The third-order valence-corrected chi connectivity index (χ3v) is 5.68. The fourth-order valence-electron chi connectivity index (χ4n) is 3.08. The zero-order valence-electron chi connectivity index (χ0n) is 17.5. The summed E-state index contributed by atoms with van der Waals surface area (Å²) in [5.74, 6) is 1.74. The highest BCUT2D eigenvalue weighted by molar-refractivity contribution is 7.90. The van der Waals surface area contributed by atoms with Gasteiger partial charge in [0, 0.05) is 25.0 Å². The zero-order valence-corrected chi connectivity index (χ0v) is 18.4. The van der Waals surface area contributed by atoms with Crippen molar-refractivity contribution >= 4 is 32.5 Å². The standard InChI is InChI=1S/C22H20N2O7S/c1-13-8-21(24-31-13)23-22(25)14-9-19(18-11-16(12-28-2)30-20(18)10-14)29-15-4-6-17(7-5-15)32(3,26)27/h4-11H,12H2,1-3H3,(H,23,24,25). The second-order valence-electron chi connectivity index (χ2n) is 7.15. The molecule has 2 aromatic carbocycles. The number of methoxy groups -OCH3 is 1. The van der Waals surface area contributed by atoms with Crippen LogP contribution in [0, 0.1) is 6.92 Å². The van der Waals surface area contributed by atoms with Gasteiger partial charge in [-0.25, -0.2) is 8.42 Å². The van der Waals surface area contributed by atoms with E-state index in [4.69, 9.17) is 18.4 Å². The highest BCUT2D eigenvalue weighted by atomic mass is 32.2. The van der Waals surface area contributed by atoms with Gasteiger partial charge in [0.25, 0.3) is 5.91 Å². The van der Waals surface area contributed by atoms with Gasteiger partial charge in [-0.1, -0.05) is 5.16 Å². The van der Waals surface area contributed by atoms with Crippen molar-refractivity contribution in [2.75, 3.05) is 18.7 Å². The molecule has 0 radical (unpaired) electrons. The highest BCUT2D eigenvalue weighted by Crippen LogP contribution is 2.34. The third kappa shape index (κ3) is 4.66. The van der Waals surface area contributed by atoms with Crippen molar-refractivity contribution in [2.45, 2.75) is 18.4 Å². The van der Waals surface area contributed by atoms with Crippen LogP contribution >= 0.6 is 0 Å². The number of aryl methyl sites for hydroxylation is 1. The number of rotatable bonds is 7. The smallest absolute Gasteiger partial charge is 0.257 e. The minimum absolute atomic E-state index is 0.178. The maximum Gasteiger partial charge on any atom is 0.257 e. The minimum atomic E-state index is -3.33. The largest absolute Gasteiger partial charge is 0.458 e. The zero-order chi connectivity index (χ0) is 22.9. The summed E-state index contributed by atoms with van der Waals surface area (Å²) in [4.78, 5) is 13.0. The van der Waals surface area contributed by atoms with Crippen molar-refractivity contribution in [3.05, 3.63) is 65.6 Å². The molecule has 1 N–H and O–H groups in total. The van der Waals surface area contributed by atoms with E-state index >= 15 is 0 Å². The molecule has 0 saturated carbocycles. The molecule has 32 heavy (non-hydrogen) atoms. The normalized spacial score (nSPS) is 11.6. The van der Waals surface area contributed by atoms with Crippen molar-refractivity contribution in [2.24, 2.45) is 0 Å². The summed E-state index contributed by atoms with van der Waals surface area (Å²) in [6.07, 6.45) is 1.13. The monoisotopic (exact) mass is 456 g/mol. The van der Waals surface area contributed by atoms with Crippen LogP contribution in [-0.2, 0) is 21.2 Å². The second-order valence-corrected chi connectivity index (χ2v) is 9.17. The molecule has 0 aliphatic rings. The molecule has 0 fully saturated rings. The summed E-state index contributed by atoms with van der Waals surface area (Å²) in [6.45, 7) is 1.97. The maximum atomic E-state index is 12.8. The number of carbonyl (C=O) groups excluding carboxylic acids is 1. The Labute approximate surface area is 183 Å². The van der Waals surface area contributed by atoms with E-state index in [9.17, 15) is 13.2 Å². The molecule has 2 heterocycles. The number of ether oxygens (including phenoxy) is 2. The number of amides is 1. The summed E-state index contributed by atoms with van der Waals surface area (Å²) in [5, 5.41) is 7.06. The number of nitrogens with one attached hydrogen (secondary N) is 1. The van der Waals surface area contributed by atoms with E-state index < -0.39 is 15.7 Å². The van der Waals surface area contributed by atoms with Crippen LogP contribution in [-0.4, -0.2) is 32.8 Å². The van der Waals surface area contributed by atoms with Crippen LogP contribution in [0.3, 0.4) is 0 Å². The van der Waals surface area contributed by atoms with Crippen LogP contribution in [0.15, 0.2) is 62.4 Å². The number of carbonyl (C=O) groups is 1. The molecule has 0 unspecified atom stereocenters. The number of nitrogens with zero attached hydrogens (tertiary/aromatic N) is 1. The van der Waals surface area contributed by atoms with Gasteiger partial charge in [0.1, 0.15) is 35.2 Å². The number of hydrogen-bond donors (Lipinski definition) is 1. The first-order chi connectivity index (χ1) is 15.2. The van der Waals surface area contributed by atoms with E-state index in [0.717, 1.165) is 6.26 Å². The Hall–Kier alpha value is -3.63. The van der Waals surface area contributed by atoms with Gasteiger partial charge >= 0.3 is 0 Å². The number of anilines is 1. The van der Waals surface area contributed by atoms with Crippen LogP contribution in [0.1, 0.15) is 21.9 Å². The van der Waals surface area contributed by atoms with Gasteiger partial charge in [-0.05, 0) is 49.4 Å². The Kier molecular flexibility index (Phi) is 5.72. The average molecular weight is 456 g/mol. The van der Waals surface area contributed by atoms with Gasteiger partial charge in [0.05, 0.1) is 10.3 Å². The molecule has 166 valence electrons. The molecule has 0 atom stereocenters. The lowest BCUT2D eigenvalue weighted by molar-refractivity contribution is 0.102. The van der Waals surface area contributed by atoms with Crippen LogP contribution in [0.2, 0.25) is 0 Å². The molecule has 0 aliphatic heterocycles. The van der Waals surface area contributed by atoms with Gasteiger partial charge in [-0.15, -0.1) is 0 Å². The summed E-state index contributed by atoms with van der Waals surface area (Å²) in [7, 11) is -1.78. The average Bonchev–Trinajstić information content (AvgIpc) is 3.33. The van der Waals surface area contributed by atoms with Crippen molar-refractivity contribution in [3.63, 3.8) is 0 Å². The SMILES string of the molecule is COCc1cc2c(Oc3ccc(S(C)(=O)=O)cc3)cc(C(=O)Nc3cc(C)on3)cc2o1. The van der Waals surface area contributed by atoms with Crippen LogP contribution in [0.5, 0.6) is 11.5 Å². The first-order valence-electron chi connectivity index (χ1n) is 9.51. The molecule has 9 nitrogen and oxygen atoms in total. The van der Waals surface area contributed by atoms with Crippen molar-refractivity contribution in [3.8, 4) is 11.5 Å². The molecule has 1 amide bonds. The lowest BCUT2D eigenvalue weighted by Crippen LogP contribution is -2.12. The van der Waals surface area contributed by atoms with Gasteiger partial charge in [-0.3, -0.25) is 4.79 Å². The third-order valence-electron chi connectivity index (χ3n) is 4.55. The van der Waals surface area contributed by atoms with Gasteiger partial charge in [-0.2, -0.15) is 0 Å².